The summed E-state index contributed by atoms with van der Waals surface area (Å²) in [6.45, 7) is -0.400. The highest BCUT2D eigenvalue weighted by atomic mass is 16.5. The SMILES string of the molecule is COc1cccc(C(=O)COC(=O)c2ccc(N3C(=O)C4C5CCC(C5)C4C3=O)cc2)c1. The van der Waals surface area contributed by atoms with Crippen LogP contribution in [0.15, 0.2) is 48.5 Å². The topological polar surface area (TPSA) is 90.0 Å². The van der Waals surface area contributed by atoms with Gasteiger partial charge in [0.2, 0.25) is 11.8 Å². The molecule has 1 saturated heterocycles. The summed E-state index contributed by atoms with van der Waals surface area (Å²) < 4.78 is 10.2. The molecule has 5 rings (SSSR count). The minimum absolute atomic E-state index is 0.119. The van der Waals surface area contributed by atoms with Crippen molar-refractivity contribution >= 4 is 29.3 Å². The fourth-order valence-corrected chi connectivity index (χ4v) is 5.50. The summed E-state index contributed by atoms with van der Waals surface area (Å²) in [7, 11) is 1.51. The Labute approximate surface area is 185 Å². The van der Waals surface area contributed by atoms with E-state index in [1.165, 1.54) is 24.1 Å². The fraction of sp³-hybridized carbons (Fsp3) is 0.360. The molecule has 2 amide bonds. The Morgan fingerprint density at radius 3 is 2.22 bits per heavy atom. The minimum atomic E-state index is -0.651. The highest BCUT2D eigenvalue weighted by molar-refractivity contribution is 6.22. The van der Waals surface area contributed by atoms with Gasteiger partial charge in [0.1, 0.15) is 5.75 Å². The molecular formula is C25H23NO6. The highest BCUT2D eigenvalue weighted by Gasteiger charge is 2.61. The van der Waals surface area contributed by atoms with E-state index in [2.05, 4.69) is 0 Å². The molecule has 2 bridgehead atoms. The number of anilines is 1. The number of amides is 2. The molecule has 2 saturated carbocycles. The first-order valence-corrected chi connectivity index (χ1v) is 10.8. The van der Waals surface area contributed by atoms with Crippen LogP contribution in [0, 0.1) is 23.7 Å². The lowest BCUT2D eigenvalue weighted by atomic mass is 9.81. The summed E-state index contributed by atoms with van der Waals surface area (Å²) >= 11 is 0. The number of benzene rings is 2. The van der Waals surface area contributed by atoms with Crippen LogP contribution in [0.1, 0.15) is 40.0 Å². The number of ether oxygens (including phenoxy) is 2. The van der Waals surface area contributed by atoms with Crippen molar-refractivity contribution in [2.75, 3.05) is 18.6 Å². The van der Waals surface area contributed by atoms with Gasteiger partial charge in [0.15, 0.2) is 12.4 Å². The molecule has 3 fully saturated rings. The summed E-state index contributed by atoms with van der Waals surface area (Å²) in [4.78, 5) is 51.8. The Bertz CT molecular complexity index is 1080. The molecule has 0 aromatic heterocycles. The van der Waals surface area contributed by atoms with Crippen molar-refractivity contribution in [3.63, 3.8) is 0 Å². The molecule has 164 valence electrons. The summed E-state index contributed by atoms with van der Waals surface area (Å²) in [5, 5.41) is 0. The molecular weight excluding hydrogens is 410 g/mol. The molecule has 2 aliphatic carbocycles. The second kappa shape index (κ2) is 7.89. The van der Waals surface area contributed by atoms with Gasteiger partial charge in [-0.05, 0) is 67.5 Å². The quantitative estimate of drug-likeness (QED) is 0.395. The summed E-state index contributed by atoms with van der Waals surface area (Å²) in [6.07, 6.45) is 3.04. The normalized spacial score (nSPS) is 25.7. The van der Waals surface area contributed by atoms with Crippen molar-refractivity contribution in [1.29, 1.82) is 0 Å². The highest BCUT2D eigenvalue weighted by Crippen LogP contribution is 2.56. The second-order valence-corrected chi connectivity index (χ2v) is 8.67. The average molecular weight is 433 g/mol. The van der Waals surface area contributed by atoms with Gasteiger partial charge in [0.25, 0.3) is 0 Å². The Morgan fingerprint density at radius 1 is 0.938 bits per heavy atom. The lowest BCUT2D eigenvalue weighted by molar-refractivity contribution is -0.123. The number of hydrogen-bond acceptors (Lipinski definition) is 6. The van der Waals surface area contributed by atoms with Crippen LogP contribution in [0.5, 0.6) is 5.75 Å². The molecule has 0 spiro atoms. The number of esters is 1. The maximum absolute atomic E-state index is 12.9. The standard InChI is InChI=1S/C25H23NO6/c1-31-19-4-2-3-15(12-19)20(27)13-32-25(30)14-7-9-18(10-8-14)26-23(28)21-16-5-6-17(11-16)22(21)24(26)29/h2-4,7-10,12,16-17,21-22H,5-6,11,13H2,1H3. The van der Waals surface area contributed by atoms with Crippen LogP contribution in [-0.2, 0) is 14.3 Å². The van der Waals surface area contributed by atoms with Gasteiger partial charge in [-0.2, -0.15) is 0 Å². The first-order valence-electron chi connectivity index (χ1n) is 10.8. The van der Waals surface area contributed by atoms with Gasteiger partial charge >= 0.3 is 5.97 Å². The van der Waals surface area contributed by atoms with Gasteiger partial charge in [-0.3, -0.25) is 19.3 Å². The smallest absolute Gasteiger partial charge is 0.338 e. The molecule has 4 atom stereocenters. The van der Waals surface area contributed by atoms with Crippen molar-refractivity contribution in [1.82, 2.24) is 0 Å². The Hall–Kier alpha value is -3.48. The first kappa shape index (κ1) is 20.4. The summed E-state index contributed by atoms with van der Waals surface area (Å²) in [5.74, 6) is -0.420. The van der Waals surface area contributed by atoms with Crippen LogP contribution in [0.4, 0.5) is 5.69 Å². The largest absolute Gasteiger partial charge is 0.497 e. The molecule has 32 heavy (non-hydrogen) atoms. The van der Waals surface area contributed by atoms with E-state index in [0.717, 1.165) is 19.3 Å². The Morgan fingerprint density at radius 2 is 1.59 bits per heavy atom. The van der Waals surface area contributed by atoms with E-state index in [4.69, 9.17) is 9.47 Å². The van der Waals surface area contributed by atoms with Crippen LogP contribution >= 0.6 is 0 Å². The molecule has 0 radical (unpaired) electrons. The summed E-state index contributed by atoms with van der Waals surface area (Å²) in [5.41, 5.74) is 1.10. The predicted molar refractivity (Wildman–Crippen MR) is 114 cm³/mol. The number of fused-ring (bicyclic) bond motifs is 5. The van der Waals surface area contributed by atoms with Crippen molar-refractivity contribution in [3.05, 3.63) is 59.7 Å². The van der Waals surface area contributed by atoms with E-state index in [9.17, 15) is 19.2 Å². The zero-order chi connectivity index (χ0) is 22.4. The number of imide groups is 1. The molecule has 2 aromatic rings. The molecule has 4 unspecified atom stereocenters. The van der Waals surface area contributed by atoms with Gasteiger partial charge in [-0.15, -0.1) is 0 Å². The number of carbonyl (C=O) groups is 4. The average Bonchev–Trinajstić information content (AvgIpc) is 3.51. The van der Waals surface area contributed by atoms with Crippen LogP contribution in [-0.4, -0.2) is 37.3 Å². The Balaban J connectivity index is 1.24. The lowest BCUT2D eigenvalue weighted by Crippen LogP contribution is -2.32. The van der Waals surface area contributed by atoms with Crippen molar-refractivity contribution in [3.8, 4) is 5.75 Å². The van der Waals surface area contributed by atoms with Gasteiger partial charge < -0.3 is 9.47 Å². The zero-order valence-corrected chi connectivity index (χ0v) is 17.7. The maximum Gasteiger partial charge on any atom is 0.338 e. The Kier molecular flexibility index (Phi) is 5.04. The molecule has 1 heterocycles. The van der Waals surface area contributed by atoms with E-state index in [0.29, 0.717) is 28.8 Å². The number of Topliss-reactive ketones (excluding diaryl/α,β-unsaturated/α-hetero) is 1. The second-order valence-electron chi connectivity index (χ2n) is 8.67. The zero-order valence-electron chi connectivity index (χ0n) is 17.7. The van der Waals surface area contributed by atoms with Gasteiger partial charge in [0, 0.05) is 5.56 Å². The maximum atomic E-state index is 12.9. The number of hydrogen-bond donors (Lipinski definition) is 0. The van der Waals surface area contributed by atoms with Crippen molar-refractivity contribution in [2.45, 2.75) is 19.3 Å². The third-order valence-electron chi connectivity index (χ3n) is 7.01. The van der Waals surface area contributed by atoms with E-state index >= 15 is 0 Å². The third-order valence-corrected chi connectivity index (χ3v) is 7.01. The van der Waals surface area contributed by atoms with Crippen LogP contribution < -0.4 is 9.64 Å². The van der Waals surface area contributed by atoms with Crippen LogP contribution in [0.2, 0.25) is 0 Å². The number of methoxy groups -OCH3 is 1. The molecule has 7 nitrogen and oxygen atoms in total. The van der Waals surface area contributed by atoms with Gasteiger partial charge in [-0.25, -0.2) is 4.79 Å². The van der Waals surface area contributed by atoms with Crippen LogP contribution in [0.3, 0.4) is 0 Å². The number of carbonyl (C=O) groups excluding carboxylic acids is 4. The van der Waals surface area contributed by atoms with E-state index in [1.807, 2.05) is 0 Å². The van der Waals surface area contributed by atoms with E-state index in [-0.39, 0.29) is 35.0 Å². The van der Waals surface area contributed by atoms with Gasteiger partial charge in [0.05, 0.1) is 30.2 Å². The van der Waals surface area contributed by atoms with Gasteiger partial charge in [-0.1, -0.05) is 12.1 Å². The first-order chi connectivity index (χ1) is 15.5. The number of ketones is 1. The molecule has 7 heteroatoms. The van der Waals surface area contributed by atoms with Crippen LogP contribution in [0.25, 0.3) is 0 Å². The molecule has 3 aliphatic rings. The fourth-order valence-electron chi connectivity index (χ4n) is 5.50. The number of nitrogens with zero attached hydrogens (tertiary/aromatic N) is 1. The monoisotopic (exact) mass is 433 g/mol. The summed E-state index contributed by atoms with van der Waals surface area (Å²) in [6, 6.07) is 12.8. The van der Waals surface area contributed by atoms with E-state index in [1.54, 1.807) is 36.4 Å². The molecule has 1 aliphatic heterocycles. The van der Waals surface area contributed by atoms with E-state index < -0.39 is 12.6 Å². The van der Waals surface area contributed by atoms with Crippen molar-refractivity contribution < 1.29 is 28.7 Å². The van der Waals surface area contributed by atoms with Crippen molar-refractivity contribution in [2.24, 2.45) is 23.7 Å². The molecule has 2 aromatic carbocycles. The predicted octanol–water partition coefficient (Wildman–Crippen LogP) is 3.27. The lowest BCUT2D eigenvalue weighted by Gasteiger charge is -2.19. The third kappa shape index (κ3) is 3.28. The minimum Gasteiger partial charge on any atom is -0.497 e. The molecule has 0 N–H and O–H groups in total. The number of rotatable bonds is 6.